The lowest BCUT2D eigenvalue weighted by Crippen LogP contribution is -2.45. The van der Waals surface area contributed by atoms with Gasteiger partial charge in [-0.3, -0.25) is 4.79 Å². The van der Waals surface area contributed by atoms with Crippen LogP contribution in [0.4, 0.5) is 0 Å². The fourth-order valence-electron chi connectivity index (χ4n) is 2.35. The van der Waals surface area contributed by atoms with Crippen LogP contribution in [0.25, 0.3) is 0 Å². The third-order valence-corrected chi connectivity index (χ3v) is 3.94. The van der Waals surface area contributed by atoms with Gasteiger partial charge in [-0.25, -0.2) is 4.98 Å². The molecule has 1 heterocycles. The minimum absolute atomic E-state index is 0.271. The highest BCUT2D eigenvalue weighted by molar-refractivity contribution is 6.29. The van der Waals surface area contributed by atoms with Crippen molar-refractivity contribution in [3.63, 3.8) is 0 Å². The number of aliphatic hydroxyl groups is 1. The van der Waals surface area contributed by atoms with E-state index in [1.54, 1.807) is 18.2 Å². The molecule has 1 aromatic rings. The van der Waals surface area contributed by atoms with Crippen LogP contribution in [0.2, 0.25) is 5.15 Å². The van der Waals surface area contributed by atoms with Gasteiger partial charge in [0.1, 0.15) is 10.8 Å². The molecule has 5 heteroatoms. The largest absolute Gasteiger partial charge is 0.388 e. The van der Waals surface area contributed by atoms with Gasteiger partial charge in [-0.2, -0.15) is 0 Å². The van der Waals surface area contributed by atoms with Crippen molar-refractivity contribution < 1.29 is 9.90 Å². The van der Waals surface area contributed by atoms with Gasteiger partial charge in [-0.1, -0.05) is 24.6 Å². The number of halogens is 1. The molecule has 1 aromatic heterocycles. The summed E-state index contributed by atoms with van der Waals surface area (Å²) in [6.07, 6.45) is 3.47. The van der Waals surface area contributed by atoms with E-state index in [4.69, 9.17) is 11.6 Å². The third kappa shape index (κ3) is 3.91. The summed E-state index contributed by atoms with van der Waals surface area (Å²) >= 11 is 5.74. The van der Waals surface area contributed by atoms with Gasteiger partial charge in [-0.15, -0.1) is 0 Å². The van der Waals surface area contributed by atoms with Crippen LogP contribution in [0, 0.1) is 5.92 Å². The number of rotatable bonds is 3. The van der Waals surface area contributed by atoms with Gasteiger partial charge in [0.2, 0.25) is 0 Å². The molecule has 0 aliphatic heterocycles. The summed E-state index contributed by atoms with van der Waals surface area (Å²) in [5, 5.41) is 13.4. The second kappa shape index (κ2) is 5.88. The van der Waals surface area contributed by atoms with Gasteiger partial charge < -0.3 is 10.4 Å². The van der Waals surface area contributed by atoms with Crippen molar-refractivity contribution in [2.45, 2.75) is 38.2 Å². The number of carbonyl (C=O) groups is 1. The van der Waals surface area contributed by atoms with Crippen molar-refractivity contribution in [2.75, 3.05) is 6.54 Å². The Morgan fingerprint density at radius 3 is 2.84 bits per heavy atom. The Balaban J connectivity index is 1.90. The van der Waals surface area contributed by atoms with Crippen molar-refractivity contribution in [3.05, 3.63) is 29.0 Å². The number of pyridine rings is 1. The fourth-order valence-corrected chi connectivity index (χ4v) is 2.51. The predicted octanol–water partition coefficient (Wildman–Crippen LogP) is 2.41. The van der Waals surface area contributed by atoms with Gasteiger partial charge in [-0.05, 0) is 43.7 Å². The Hall–Kier alpha value is -1.13. The molecule has 104 valence electrons. The highest BCUT2D eigenvalue weighted by Gasteiger charge is 2.32. The van der Waals surface area contributed by atoms with E-state index in [-0.39, 0.29) is 23.3 Å². The Labute approximate surface area is 118 Å². The molecule has 0 saturated heterocycles. The zero-order valence-electron chi connectivity index (χ0n) is 11.0. The Bertz CT molecular complexity index is 457. The average molecular weight is 283 g/mol. The molecule has 0 spiro atoms. The fraction of sp³-hybridized carbons (Fsp3) is 0.571. The Morgan fingerprint density at radius 1 is 1.53 bits per heavy atom. The molecular formula is C14H19ClN2O2. The summed E-state index contributed by atoms with van der Waals surface area (Å²) in [7, 11) is 0. The molecule has 1 aliphatic carbocycles. The lowest BCUT2D eigenvalue weighted by atomic mass is 9.79. The number of amides is 1. The molecule has 2 rings (SSSR count). The van der Waals surface area contributed by atoms with Crippen LogP contribution < -0.4 is 5.32 Å². The second-order valence-electron chi connectivity index (χ2n) is 5.44. The van der Waals surface area contributed by atoms with Crippen molar-refractivity contribution in [1.82, 2.24) is 10.3 Å². The lowest BCUT2D eigenvalue weighted by molar-refractivity contribution is -0.00543. The molecular weight excluding hydrogens is 264 g/mol. The van der Waals surface area contributed by atoms with Crippen LogP contribution in [0.15, 0.2) is 18.2 Å². The first-order valence-corrected chi connectivity index (χ1v) is 6.99. The number of hydrogen-bond acceptors (Lipinski definition) is 3. The van der Waals surface area contributed by atoms with E-state index >= 15 is 0 Å². The molecule has 2 N–H and O–H groups in total. The molecule has 0 radical (unpaired) electrons. The Kier molecular flexibility index (Phi) is 4.42. The maximum absolute atomic E-state index is 11.9. The number of nitrogens with zero attached hydrogens (tertiary/aromatic N) is 1. The van der Waals surface area contributed by atoms with Crippen LogP contribution in [0.3, 0.4) is 0 Å². The van der Waals surface area contributed by atoms with E-state index in [1.165, 1.54) is 0 Å². The molecule has 0 unspecified atom stereocenters. The highest BCUT2D eigenvalue weighted by Crippen LogP contribution is 2.31. The minimum Gasteiger partial charge on any atom is -0.388 e. The highest BCUT2D eigenvalue weighted by atomic mass is 35.5. The summed E-state index contributed by atoms with van der Waals surface area (Å²) in [5.74, 6) is 0.361. The summed E-state index contributed by atoms with van der Waals surface area (Å²) in [5.41, 5.74) is -0.499. The normalized spacial score (nSPS) is 27.0. The van der Waals surface area contributed by atoms with Crippen LogP contribution in [0.5, 0.6) is 0 Å². The Morgan fingerprint density at radius 2 is 2.21 bits per heavy atom. The zero-order valence-corrected chi connectivity index (χ0v) is 11.8. The monoisotopic (exact) mass is 282 g/mol. The third-order valence-electron chi connectivity index (χ3n) is 3.73. The maximum Gasteiger partial charge on any atom is 0.270 e. The van der Waals surface area contributed by atoms with E-state index < -0.39 is 5.60 Å². The van der Waals surface area contributed by atoms with Crippen molar-refractivity contribution in [2.24, 2.45) is 5.92 Å². The number of hydrogen-bond donors (Lipinski definition) is 2. The maximum atomic E-state index is 11.9. The van der Waals surface area contributed by atoms with Crippen LogP contribution in [0.1, 0.15) is 43.1 Å². The molecule has 1 amide bonds. The van der Waals surface area contributed by atoms with E-state index in [2.05, 4.69) is 17.2 Å². The second-order valence-corrected chi connectivity index (χ2v) is 5.82. The first-order valence-electron chi connectivity index (χ1n) is 6.62. The average Bonchev–Trinajstić information content (AvgIpc) is 2.40. The first-order chi connectivity index (χ1) is 8.98. The van der Waals surface area contributed by atoms with Crippen molar-refractivity contribution >= 4 is 17.5 Å². The number of aromatic nitrogens is 1. The predicted molar refractivity (Wildman–Crippen MR) is 74.2 cm³/mol. The SMILES string of the molecule is CC1CCC(O)(CNC(=O)c2cccc(Cl)n2)CC1. The van der Waals surface area contributed by atoms with Crippen LogP contribution in [-0.2, 0) is 0 Å². The van der Waals surface area contributed by atoms with Crippen LogP contribution in [-0.4, -0.2) is 28.1 Å². The molecule has 19 heavy (non-hydrogen) atoms. The van der Waals surface area contributed by atoms with Crippen molar-refractivity contribution in [1.29, 1.82) is 0 Å². The van der Waals surface area contributed by atoms with Gasteiger partial charge in [0.25, 0.3) is 5.91 Å². The van der Waals surface area contributed by atoms with Gasteiger partial charge in [0.15, 0.2) is 0 Å². The zero-order chi connectivity index (χ0) is 13.9. The standard InChI is InChI=1S/C14H19ClN2O2/c1-10-5-7-14(19,8-6-10)9-16-13(18)11-3-2-4-12(15)17-11/h2-4,10,19H,5-9H2,1H3,(H,16,18). The molecule has 0 aromatic carbocycles. The molecule has 0 atom stereocenters. The molecule has 0 bridgehead atoms. The van der Waals surface area contributed by atoms with Gasteiger partial charge >= 0.3 is 0 Å². The molecule has 4 nitrogen and oxygen atoms in total. The number of nitrogens with one attached hydrogen (secondary N) is 1. The van der Waals surface area contributed by atoms with Crippen LogP contribution >= 0.6 is 11.6 Å². The summed E-state index contributed by atoms with van der Waals surface area (Å²) in [6.45, 7) is 2.46. The smallest absolute Gasteiger partial charge is 0.270 e. The molecule has 1 aliphatic rings. The van der Waals surface area contributed by atoms with E-state index in [0.717, 1.165) is 25.7 Å². The van der Waals surface area contributed by atoms with Gasteiger partial charge in [0, 0.05) is 6.54 Å². The topological polar surface area (TPSA) is 62.2 Å². The summed E-state index contributed by atoms with van der Waals surface area (Å²) < 4.78 is 0. The van der Waals surface area contributed by atoms with E-state index in [0.29, 0.717) is 5.92 Å². The summed E-state index contributed by atoms with van der Waals surface area (Å²) in [6, 6.07) is 4.91. The lowest BCUT2D eigenvalue weighted by Gasteiger charge is -2.34. The van der Waals surface area contributed by atoms with E-state index in [9.17, 15) is 9.90 Å². The van der Waals surface area contributed by atoms with E-state index in [1.807, 2.05) is 0 Å². The molecule has 1 fully saturated rings. The number of carbonyl (C=O) groups excluding carboxylic acids is 1. The van der Waals surface area contributed by atoms with Gasteiger partial charge in [0.05, 0.1) is 5.60 Å². The first kappa shape index (κ1) is 14.3. The molecule has 1 saturated carbocycles. The quantitative estimate of drug-likeness (QED) is 0.837. The minimum atomic E-state index is -0.777. The van der Waals surface area contributed by atoms with Crippen molar-refractivity contribution in [3.8, 4) is 0 Å². The summed E-state index contributed by atoms with van der Waals surface area (Å²) in [4.78, 5) is 15.8.